The van der Waals surface area contributed by atoms with E-state index >= 15 is 0 Å². The number of aromatic nitrogens is 1. The van der Waals surface area contributed by atoms with Crippen LogP contribution in [0.1, 0.15) is 18.2 Å². The van der Waals surface area contributed by atoms with Gasteiger partial charge in [-0.3, -0.25) is 0 Å². The van der Waals surface area contributed by atoms with Crippen LogP contribution in [-0.4, -0.2) is 11.6 Å². The smallest absolute Gasteiger partial charge is 0.0865 e. The lowest BCUT2D eigenvalue weighted by Gasteiger charge is -1.95. The fraction of sp³-hybridized carbons (Fsp3) is 0.333. The molecule has 0 aliphatic heterocycles. The Labute approximate surface area is 83.9 Å². The predicted molar refractivity (Wildman–Crippen MR) is 58.4 cm³/mol. The topological polar surface area (TPSA) is 25.0 Å². The number of hydrogen-bond donors (Lipinski definition) is 1. The highest BCUT2D eigenvalue weighted by Crippen LogP contribution is 2.19. The molecule has 0 unspecified atom stereocenters. The third-order valence-electron chi connectivity index (χ3n) is 2.40. The lowest BCUT2D eigenvalue weighted by atomic mass is 10.1. The Hall–Kier alpha value is -1.28. The normalized spacial score (nSPS) is 11.0. The number of hydrogen-bond acceptors (Lipinski definition) is 1. The van der Waals surface area contributed by atoms with E-state index in [1.165, 1.54) is 16.5 Å². The molecule has 14 heavy (non-hydrogen) atoms. The van der Waals surface area contributed by atoms with Crippen molar-refractivity contribution in [2.45, 2.75) is 20.5 Å². The molecule has 74 valence electrons. The zero-order valence-electron chi connectivity index (χ0n) is 8.63. The van der Waals surface area contributed by atoms with Gasteiger partial charge in [0, 0.05) is 23.2 Å². The maximum Gasteiger partial charge on any atom is 0.0865 e. The SMILES string of the molecule is CCOCc1cc2c(C)cccc2[nH]1. The molecule has 0 saturated heterocycles. The molecule has 2 rings (SSSR count). The van der Waals surface area contributed by atoms with Gasteiger partial charge < -0.3 is 9.72 Å². The van der Waals surface area contributed by atoms with Crippen molar-refractivity contribution in [3.8, 4) is 0 Å². The summed E-state index contributed by atoms with van der Waals surface area (Å²) in [6.07, 6.45) is 0. The molecule has 0 fully saturated rings. The number of fused-ring (bicyclic) bond motifs is 1. The van der Waals surface area contributed by atoms with Gasteiger partial charge >= 0.3 is 0 Å². The number of H-pyrrole nitrogens is 1. The van der Waals surface area contributed by atoms with Crippen molar-refractivity contribution in [2.24, 2.45) is 0 Å². The standard InChI is InChI=1S/C12H15NO/c1-3-14-8-10-7-11-9(2)5-4-6-12(11)13-10/h4-7,13H,3,8H2,1-2H3. The summed E-state index contributed by atoms with van der Waals surface area (Å²) >= 11 is 0. The van der Waals surface area contributed by atoms with Crippen LogP contribution in [0.2, 0.25) is 0 Å². The maximum atomic E-state index is 5.36. The first-order chi connectivity index (χ1) is 6.81. The van der Waals surface area contributed by atoms with E-state index < -0.39 is 0 Å². The molecular weight excluding hydrogens is 174 g/mol. The molecule has 1 aromatic carbocycles. The Morgan fingerprint density at radius 3 is 2.93 bits per heavy atom. The lowest BCUT2D eigenvalue weighted by Crippen LogP contribution is -1.90. The summed E-state index contributed by atoms with van der Waals surface area (Å²) in [4.78, 5) is 3.35. The van der Waals surface area contributed by atoms with Crippen LogP contribution in [0.25, 0.3) is 10.9 Å². The second-order valence-electron chi connectivity index (χ2n) is 3.47. The Bertz CT molecular complexity index is 431. The van der Waals surface area contributed by atoms with Gasteiger partial charge in [-0.05, 0) is 31.5 Å². The van der Waals surface area contributed by atoms with Crippen molar-refractivity contribution in [3.63, 3.8) is 0 Å². The Kier molecular flexibility index (Phi) is 2.55. The first-order valence-electron chi connectivity index (χ1n) is 4.96. The van der Waals surface area contributed by atoms with E-state index in [4.69, 9.17) is 4.74 Å². The van der Waals surface area contributed by atoms with Gasteiger partial charge in [-0.25, -0.2) is 0 Å². The van der Waals surface area contributed by atoms with Gasteiger partial charge in [0.2, 0.25) is 0 Å². The van der Waals surface area contributed by atoms with Gasteiger partial charge in [0.15, 0.2) is 0 Å². The van der Waals surface area contributed by atoms with E-state index in [0.29, 0.717) is 6.61 Å². The molecule has 2 aromatic rings. The van der Waals surface area contributed by atoms with Gasteiger partial charge in [-0.15, -0.1) is 0 Å². The largest absolute Gasteiger partial charge is 0.376 e. The summed E-state index contributed by atoms with van der Waals surface area (Å²) in [7, 11) is 0. The molecule has 0 amide bonds. The van der Waals surface area contributed by atoms with Crippen LogP contribution in [0.5, 0.6) is 0 Å². The van der Waals surface area contributed by atoms with Crippen LogP contribution in [0.3, 0.4) is 0 Å². The van der Waals surface area contributed by atoms with E-state index in [2.05, 4.69) is 36.2 Å². The molecule has 2 heteroatoms. The number of aromatic amines is 1. The highest BCUT2D eigenvalue weighted by atomic mass is 16.5. The minimum absolute atomic E-state index is 0.671. The zero-order chi connectivity index (χ0) is 9.97. The molecule has 0 spiro atoms. The first-order valence-corrected chi connectivity index (χ1v) is 4.96. The van der Waals surface area contributed by atoms with Gasteiger partial charge in [-0.2, -0.15) is 0 Å². The number of aryl methyl sites for hydroxylation is 1. The average molecular weight is 189 g/mol. The van der Waals surface area contributed by atoms with Crippen molar-refractivity contribution in [2.75, 3.05) is 6.61 Å². The molecule has 1 N–H and O–H groups in total. The summed E-state index contributed by atoms with van der Waals surface area (Å²) in [5.41, 5.74) is 3.65. The van der Waals surface area contributed by atoms with E-state index in [9.17, 15) is 0 Å². The summed E-state index contributed by atoms with van der Waals surface area (Å²) in [6.45, 7) is 5.56. The Balaban J connectivity index is 2.36. The molecular formula is C12H15NO. The molecule has 2 nitrogen and oxygen atoms in total. The summed E-state index contributed by atoms with van der Waals surface area (Å²) in [5, 5.41) is 1.29. The lowest BCUT2D eigenvalue weighted by molar-refractivity contribution is 0.132. The quantitative estimate of drug-likeness (QED) is 0.788. The minimum atomic E-state index is 0.671. The van der Waals surface area contributed by atoms with Gasteiger partial charge in [0.05, 0.1) is 6.61 Å². The number of rotatable bonds is 3. The first kappa shape index (κ1) is 9.28. The summed E-state index contributed by atoms with van der Waals surface area (Å²) < 4.78 is 5.36. The number of benzene rings is 1. The molecule has 0 radical (unpaired) electrons. The van der Waals surface area contributed by atoms with E-state index in [1.807, 2.05) is 6.92 Å². The number of ether oxygens (including phenoxy) is 1. The van der Waals surface area contributed by atoms with Crippen LogP contribution >= 0.6 is 0 Å². The van der Waals surface area contributed by atoms with Gasteiger partial charge in [-0.1, -0.05) is 12.1 Å². The summed E-state index contributed by atoms with van der Waals surface area (Å²) in [6, 6.07) is 8.46. The van der Waals surface area contributed by atoms with Crippen molar-refractivity contribution in [1.29, 1.82) is 0 Å². The van der Waals surface area contributed by atoms with Gasteiger partial charge in [0.25, 0.3) is 0 Å². The fourth-order valence-corrected chi connectivity index (χ4v) is 1.65. The van der Waals surface area contributed by atoms with Crippen LogP contribution < -0.4 is 0 Å². The third kappa shape index (κ3) is 1.66. The average Bonchev–Trinajstić information content (AvgIpc) is 2.59. The van der Waals surface area contributed by atoms with Crippen LogP contribution in [0.15, 0.2) is 24.3 Å². The molecule has 0 bridgehead atoms. The highest BCUT2D eigenvalue weighted by molar-refractivity contribution is 5.83. The zero-order valence-corrected chi connectivity index (χ0v) is 8.63. The molecule has 0 atom stereocenters. The maximum absolute atomic E-state index is 5.36. The van der Waals surface area contributed by atoms with E-state index in [0.717, 1.165) is 12.3 Å². The molecule has 1 heterocycles. The van der Waals surface area contributed by atoms with Crippen molar-refractivity contribution in [3.05, 3.63) is 35.5 Å². The van der Waals surface area contributed by atoms with E-state index in [1.54, 1.807) is 0 Å². The van der Waals surface area contributed by atoms with Crippen molar-refractivity contribution < 1.29 is 4.74 Å². The van der Waals surface area contributed by atoms with Crippen LogP contribution in [-0.2, 0) is 11.3 Å². The van der Waals surface area contributed by atoms with Crippen molar-refractivity contribution in [1.82, 2.24) is 4.98 Å². The van der Waals surface area contributed by atoms with Gasteiger partial charge in [0.1, 0.15) is 0 Å². The van der Waals surface area contributed by atoms with Crippen molar-refractivity contribution >= 4 is 10.9 Å². The fourth-order valence-electron chi connectivity index (χ4n) is 1.65. The Morgan fingerprint density at radius 1 is 1.36 bits per heavy atom. The Morgan fingerprint density at radius 2 is 2.21 bits per heavy atom. The second-order valence-corrected chi connectivity index (χ2v) is 3.47. The third-order valence-corrected chi connectivity index (χ3v) is 2.40. The second kappa shape index (κ2) is 3.84. The van der Waals surface area contributed by atoms with E-state index in [-0.39, 0.29) is 0 Å². The molecule has 0 aliphatic carbocycles. The minimum Gasteiger partial charge on any atom is -0.376 e. The monoisotopic (exact) mass is 189 g/mol. The predicted octanol–water partition coefficient (Wildman–Crippen LogP) is 3.01. The van der Waals surface area contributed by atoms with Crippen LogP contribution in [0, 0.1) is 6.92 Å². The molecule has 0 saturated carbocycles. The van der Waals surface area contributed by atoms with Crippen LogP contribution in [0.4, 0.5) is 0 Å². The highest BCUT2D eigenvalue weighted by Gasteiger charge is 2.01. The summed E-state index contributed by atoms with van der Waals surface area (Å²) in [5.74, 6) is 0. The number of nitrogens with one attached hydrogen (secondary N) is 1. The molecule has 0 aliphatic rings. The molecule has 1 aromatic heterocycles.